The number of carbonyl (C=O) groups is 2. The van der Waals surface area contributed by atoms with E-state index in [4.69, 9.17) is 10.5 Å². The number of aryl methyl sites for hydroxylation is 2. The van der Waals surface area contributed by atoms with Crippen LogP contribution in [0.15, 0.2) is 4.79 Å². The number of rotatable bonds is 4. The van der Waals surface area contributed by atoms with Crippen LogP contribution in [-0.2, 0) is 27.2 Å². The van der Waals surface area contributed by atoms with Crippen LogP contribution in [-0.4, -0.2) is 33.9 Å². The van der Waals surface area contributed by atoms with Gasteiger partial charge in [-0.3, -0.25) is 14.4 Å². The molecule has 1 amide bonds. The van der Waals surface area contributed by atoms with Crippen LogP contribution in [0, 0.1) is 11.3 Å². The Balaban J connectivity index is 1.68. The summed E-state index contributed by atoms with van der Waals surface area (Å²) in [5.74, 6) is -2.36. The van der Waals surface area contributed by atoms with Crippen molar-refractivity contribution in [1.29, 1.82) is 5.26 Å². The van der Waals surface area contributed by atoms with E-state index in [9.17, 15) is 19.6 Å². The molecule has 1 aliphatic heterocycles. The predicted octanol–water partition coefficient (Wildman–Crippen LogP) is 1.07. The van der Waals surface area contributed by atoms with E-state index in [0.717, 1.165) is 36.1 Å². The van der Waals surface area contributed by atoms with Gasteiger partial charge >= 0.3 is 0 Å². The van der Waals surface area contributed by atoms with Gasteiger partial charge in [-0.2, -0.15) is 5.26 Å². The van der Waals surface area contributed by atoms with E-state index in [0.29, 0.717) is 23.1 Å². The third-order valence-electron chi connectivity index (χ3n) is 5.18. The molecule has 4 rings (SSSR count). The number of amides is 1. The standard InChI is InChI=1S/C18H18N4O4S/c19-7-9(14(23)10-5-6-11(26-10)15(20)24)16-21-17(25)13-8-3-1-2-4-12(8)27-18(13)22-16/h9-11H,1-6H2,(H2,20,24)(H,21,22,25)/t9?,10-,11+/m1/s1. The summed E-state index contributed by atoms with van der Waals surface area (Å²) in [7, 11) is 0. The first-order valence-electron chi connectivity index (χ1n) is 8.92. The summed E-state index contributed by atoms with van der Waals surface area (Å²) in [6.45, 7) is 0. The lowest BCUT2D eigenvalue weighted by molar-refractivity contribution is -0.136. The first-order chi connectivity index (χ1) is 13.0. The Morgan fingerprint density at radius 2 is 2.04 bits per heavy atom. The molecule has 0 radical (unpaired) electrons. The van der Waals surface area contributed by atoms with Crippen LogP contribution in [0.4, 0.5) is 0 Å². The minimum atomic E-state index is -1.25. The number of hydrogen-bond acceptors (Lipinski definition) is 7. The molecule has 0 bridgehead atoms. The number of carbonyl (C=O) groups excluding carboxylic acids is 2. The number of fused-ring (bicyclic) bond motifs is 3. The number of aromatic amines is 1. The molecule has 0 saturated carbocycles. The molecule has 8 nitrogen and oxygen atoms in total. The van der Waals surface area contributed by atoms with E-state index in [1.54, 1.807) is 0 Å². The van der Waals surface area contributed by atoms with Gasteiger partial charge in [0.15, 0.2) is 11.7 Å². The number of aromatic nitrogens is 2. The maximum atomic E-state index is 12.7. The number of hydrogen-bond donors (Lipinski definition) is 2. The van der Waals surface area contributed by atoms with Crippen molar-refractivity contribution in [3.05, 3.63) is 26.6 Å². The van der Waals surface area contributed by atoms with Gasteiger partial charge in [0.05, 0.1) is 11.5 Å². The molecule has 9 heteroatoms. The third kappa shape index (κ3) is 3.05. The number of ketones is 1. The minimum absolute atomic E-state index is 0.0321. The summed E-state index contributed by atoms with van der Waals surface area (Å²) in [4.78, 5) is 45.4. The highest BCUT2D eigenvalue weighted by Gasteiger charge is 2.38. The molecule has 1 aliphatic carbocycles. The van der Waals surface area contributed by atoms with Crippen LogP contribution >= 0.6 is 11.3 Å². The Kier molecular flexibility index (Phi) is 4.53. The summed E-state index contributed by atoms with van der Waals surface area (Å²) in [5.41, 5.74) is 5.94. The average Bonchev–Trinajstić information content (AvgIpc) is 3.27. The molecule has 1 saturated heterocycles. The minimum Gasteiger partial charge on any atom is -0.367 e. The lowest BCUT2D eigenvalue weighted by Gasteiger charge is -2.14. The van der Waals surface area contributed by atoms with Gasteiger partial charge in [-0.25, -0.2) is 4.98 Å². The van der Waals surface area contributed by atoms with Crippen molar-refractivity contribution in [2.24, 2.45) is 5.73 Å². The Hall–Kier alpha value is -2.57. The van der Waals surface area contributed by atoms with Crippen molar-refractivity contribution in [2.75, 3.05) is 0 Å². The first kappa shape index (κ1) is 17.8. The topological polar surface area (TPSA) is 139 Å². The van der Waals surface area contributed by atoms with Crippen molar-refractivity contribution in [3.8, 4) is 6.07 Å². The number of nitrogens with zero attached hydrogens (tertiary/aromatic N) is 2. The van der Waals surface area contributed by atoms with E-state index in [-0.39, 0.29) is 11.4 Å². The molecule has 3 atom stereocenters. The van der Waals surface area contributed by atoms with E-state index in [2.05, 4.69) is 9.97 Å². The second kappa shape index (κ2) is 6.87. The van der Waals surface area contributed by atoms with Crippen molar-refractivity contribution < 1.29 is 14.3 Å². The fourth-order valence-electron chi connectivity index (χ4n) is 3.82. The lowest BCUT2D eigenvalue weighted by atomic mass is 9.96. The van der Waals surface area contributed by atoms with E-state index in [1.165, 1.54) is 11.3 Å². The Morgan fingerprint density at radius 3 is 2.74 bits per heavy atom. The number of thiophene rings is 1. The van der Waals surface area contributed by atoms with Crippen LogP contribution < -0.4 is 11.3 Å². The molecule has 2 aliphatic rings. The van der Waals surface area contributed by atoms with Crippen molar-refractivity contribution in [2.45, 2.75) is 56.7 Å². The molecule has 140 valence electrons. The molecular formula is C18H18N4O4S. The molecule has 0 spiro atoms. The summed E-state index contributed by atoms with van der Waals surface area (Å²) >= 11 is 1.46. The van der Waals surface area contributed by atoms with Gasteiger partial charge in [-0.1, -0.05) is 0 Å². The summed E-state index contributed by atoms with van der Waals surface area (Å²) in [6.07, 6.45) is 2.83. The van der Waals surface area contributed by atoms with Crippen molar-refractivity contribution in [1.82, 2.24) is 9.97 Å². The van der Waals surface area contributed by atoms with E-state index < -0.39 is 29.8 Å². The molecule has 2 aromatic heterocycles. The zero-order valence-corrected chi connectivity index (χ0v) is 15.3. The highest BCUT2D eigenvalue weighted by Crippen LogP contribution is 2.34. The monoisotopic (exact) mass is 386 g/mol. The van der Waals surface area contributed by atoms with Crippen LogP contribution in [0.1, 0.15) is 47.9 Å². The Morgan fingerprint density at radius 1 is 1.30 bits per heavy atom. The van der Waals surface area contributed by atoms with Gasteiger partial charge in [0.25, 0.3) is 5.56 Å². The highest BCUT2D eigenvalue weighted by molar-refractivity contribution is 7.18. The quantitative estimate of drug-likeness (QED) is 0.806. The third-order valence-corrected chi connectivity index (χ3v) is 6.37. The smallest absolute Gasteiger partial charge is 0.259 e. The molecule has 27 heavy (non-hydrogen) atoms. The first-order valence-corrected chi connectivity index (χ1v) is 9.73. The average molecular weight is 386 g/mol. The Bertz CT molecular complexity index is 1030. The van der Waals surface area contributed by atoms with Crippen LogP contribution in [0.5, 0.6) is 0 Å². The number of Topliss-reactive ketones (excluding diaryl/α,β-unsaturated/α-hetero) is 1. The predicted molar refractivity (Wildman–Crippen MR) is 97.3 cm³/mol. The maximum Gasteiger partial charge on any atom is 0.259 e. The lowest BCUT2D eigenvalue weighted by Crippen LogP contribution is -2.32. The Labute approximate surface area is 158 Å². The fourth-order valence-corrected chi connectivity index (χ4v) is 5.09. The summed E-state index contributed by atoms with van der Waals surface area (Å²) in [5, 5.41) is 10.1. The second-order valence-electron chi connectivity index (χ2n) is 6.90. The number of nitriles is 1. The number of nitrogens with one attached hydrogen (secondary N) is 1. The zero-order valence-electron chi connectivity index (χ0n) is 14.5. The summed E-state index contributed by atoms with van der Waals surface area (Å²) < 4.78 is 5.38. The number of H-pyrrole nitrogens is 1. The fraction of sp³-hybridized carbons (Fsp3) is 0.500. The molecule has 3 heterocycles. The molecule has 1 unspecified atom stereocenters. The van der Waals surface area contributed by atoms with E-state index in [1.807, 2.05) is 6.07 Å². The molecule has 2 aromatic rings. The van der Waals surface area contributed by atoms with Crippen LogP contribution in [0.25, 0.3) is 10.2 Å². The number of ether oxygens (including phenoxy) is 1. The van der Waals surface area contributed by atoms with Crippen LogP contribution in [0.2, 0.25) is 0 Å². The highest BCUT2D eigenvalue weighted by atomic mass is 32.1. The van der Waals surface area contributed by atoms with Gasteiger partial charge in [0, 0.05) is 4.88 Å². The molecular weight excluding hydrogens is 368 g/mol. The van der Waals surface area contributed by atoms with Gasteiger partial charge in [-0.15, -0.1) is 11.3 Å². The van der Waals surface area contributed by atoms with Crippen LogP contribution in [0.3, 0.4) is 0 Å². The van der Waals surface area contributed by atoms with Gasteiger partial charge in [0.2, 0.25) is 5.91 Å². The summed E-state index contributed by atoms with van der Waals surface area (Å²) in [6, 6.07) is 1.92. The molecule has 1 fully saturated rings. The number of primary amides is 1. The van der Waals surface area contributed by atoms with E-state index >= 15 is 0 Å². The largest absolute Gasteiger partial charge is 0.367 e. The van der Waals surface area contributed by atoms with Gasteiger partial charge in [0.1, 0.15) is 22.9 Å². The normalized spacial score (nSPS) is 22.9. The second-order valence-corrected chi connectivity index (χ2v) is 7.98. The SMILES string of the molecule is N#CC(C(=O)[C@H]1CC[C@@H](C(N)=O)O1)c1nc2sc3c(c2c(=O)[nH]1)CCCC3. The van der Waals surface area contributed by atoms with Crippen molar-refractivity contribution >= 4 is 33.2 Å². The van der Waals surface area contributed by atoms with Crippen molar-refractivity contribution in [3.63, 3.8) is 0 Å². The van der Waals surface area contributed by atoms with Gasteiger partial charge in [-0.05, 0) is 44.1 Å². The molecule has 0 aromatic carbocycles. The van der Waals surface area contributed by atoms with Gasteiger partial charge < -0.3 is 15.5 Å². The number of nitrogens with two attached hydrogens (primary N) is 1. The maximum absolute atomic E-state index is 12.7. The molecule has 3 N–H and O–H groups in total. The zero-order chi connectivity index (χ0) is 19.1.